The van der Waals surface area contributed by atoms with Gasteiger partial charge in [-0.15, -0.1) is 0 Å². The lowest BCUT2D eigenvalue weighted by atomic mass is 10.0. The highest BCUT2D eigenvalue weighted by Crippen LogP contribution is 2.31. The number of hydrogen-bond donors (Lipinski definition) is 0. The number of amides is 1. The topological polar surface area (TPSA) is 63.7 Å². The van der Waals surface area contributed by atoms with Crippen LogP contribution >= 0.6 is 23.2 Å². The maximum Gasteiger partial charge on any atom is 0.254 e. The first kappa shape index (κ1) is 23.6. The van der Waals surface area contributed by atoms with Crippen molar-refractivity contribution >= 4 is 38.9 Å². The fourth-order valence-corrected chi connectivity index (χ4v) is 6.27. The molecule has 3 aromatic rings. The summed E-state index contributed by atoms with van der Waals surface area (Å²) < 4.78 is 29.5. The molecule has 0 radical (unpaired) electrons. The molecule has 3 aromatic carbocycles. The summed E-state index contributed by atoms with van der Waals surface area (Å²) in [5.74, 6) is 0.416. The van der Waals surface area contributed by atoms with E-state index in [1.807, 2.05) is 30.3 Å². The van der Waals surface area contributed by atoms with Crippen LogP contribution in [0.5, 0.6) is 5.75 Å². The summed E-state index contributed by atoms with van der Waals surface area (Å²) in [5, 5.41) is 1.12. The van der Waals surface area contributed by atoms with Crippen LogP contribution in [-0.2, 0) is 16.4 Å². The standard InChI is InChI=1S/C25H23Cl2NO4S/c1-32-22-4-2-3-19(13-22)25(29)28(21-11-12-33(30,31)16-21)15-17-5-7-18(8-6-17)23-10-9-20(26)14-24(23)27/h2-10,13-14,21H,11-12,15-16H2,1H3. The third-order valence-electron chi connectivity index (χ3n) is 5.78. The fourth-order valence-electron chi connectivity index (χ4n) is 4.02. The van der Waals surface area contributed by atoms with Crippen molar-refractivity contribution < 1.29 is 17.9 Å². The summed E-state index contributed by atoms with van der Waals surface area (Å²) in [6, 6.07) is 19.6. The van der Waals surface area contributed by atoms with Gasteiger partial charge in [-0.3, -0.25) is 4.79 Å². The van der Waals surface area contributed by atoms with Gasteiger partial charge in [-0.1, -0.05) is 59.6 Å². The predicted octanol–water partition coefficient (Wildman–Crippen LogP) is 5.50. The molecular formula is C25H23Cl2NO4S. The Morgan fingerprint density at radius 3 is 2.45 bits per heavy atom. The smallest absolute Gasteiger partial charge is 0.254 e. The van der Waals surface area contributed by atoms with Gasteiger partial charge in [0.2, 0.25) is 0 Å². The van der Waals surface area contributed by atoms with E-state index in [1.54, 1.807) is 48.4 Å². The summed E-state index contributed by atoms with van der Waals surface area (Å²) in [7, 11) is -1.62. The SMILES string of the molecule is COc1cccc(C(=O)N(Cc2ccc(-c3ccc(Cl)cc3Cl)cc2)C2CCS(=O)(=O)C2)c1. The van der Waals surface area contributed by atoms with Crippen LogP contribution in [0.4, 0.5) is 0 Å². The Kier molecular flexibility index (Phi) is 6.98. The average molecular weight is 504 g/mol. The van der Waals surface area contributed by atoms with Gasteiger partial charge in [0.05, 0.1) is 18.6 Å². The minimum atomic E-state index is -3.16. The van der Waals surface area contributed by atoms with Crippen molar-refractivity contribution in [2.45, 2.75) is 19.0 Å². The van der Waals surface area contributed by atoms with Gasteiger partial charge >= 0.3 is 0 Å². The fraction of sp³-hybridized carbons (Fsp3) is 0.240. The van der Waals surface area contributed by atoms with E-state index in [0.717, 1.165) is 16.7 Å². The molecule has 0 N–H and O–H groups in total. The van der Waals surface area contributed by atoms with Crippen LogP contribution in [0.2, 0.25) is 10.0 Å². The first-order valence-electron chi connectivity index (χ1n) is 10.5. The summed E-state index contributed by atoms with van der Waals surface area (Å²) in [6.07, 6.45) is 0.427. The lowest BCUT2D eigenvalue weighted by Gasteiger charge is -2.29. The molecule has 33 heavy (non-hydrogen) atoms. The van der Waals surface area contributed by atoms with Gasteiger partial charge < -0.3 is 9.64 Å². The van der Waals surface area contributed by atoms with E-state index in [-0.39, 0.29) is 23.5 Å². The Labute approximate surface area is 203 Å². The molecule has 8 heteroatoms. The second-order valence-corrected chi connectivity index (χ2v) is 11.1. The van der Waals surface area contributed by atoms with Crippen molar-refractivity contribution in [1.29, 1.82) is 0 Å². The van der Waals surface area contributed by atoms with E-state index < -0.39 is 9.84 Å². The highest BCUT2D eigenvalue weighted by Gasteiger charge is 2.35. The summed E-state index contributed by atoms with van der Waals surface area (Å²) in [4.78, 5) is 15.1. The Bertz CT molecular complexity index is 1280. The highest BCUT2D eigenvalue weighted by atomic mass is 35.5. The van der Waals surface area contributed by atoms with Crippen LogP contribution in [0.1, 0.15) is 22.3 Å². The number of benzene rings is 3. The predicted molar refractivity (Wildman–Crippen MR) is 132 cm³/mol. The molecule has 1 fully saturated rings. The summed E-state index contributed by atoms with van der Waals surface area (Å²) in [5.41, 5.74) is 3.14. The molecule has 1 atom stereocenters. The minimum absolute atomic E-state index is 0.0266. The van der Waals surface area contributed by atoms with Gasteiger partial charge in [0.15, 0.2) is 9.84 Å². The first-order chi connectivity index (χ1) is 15.8. The number of carbonyl (C=O) groups excluding carboxylic acids is 1. The molecule has 172 valence electrons. The normalized spacial score (nSPS) is 17.0. The number of carbonyl (C=O) groups is 1. The van der Waals surface area contributed by atoms with Gasteiger partial charge in [-0.05, 0) is 47.9 Å². The van der Waals surface area contributed by atoms with E-state index in [0.29, 0.717) is 34.3 Å². The van der Waals surface area contributed by atoms with Crippen LogP contribution in [0.15, 0.2) is 66.7 Å². The molecule has 1 aliphatic heterocycles. The van der Waals surface area contributed by atoms with Gasteiger partial charge in [-0.25, -0.2) is 8.42 Å². The van der Waals surface area contributed by atoms with Crippen molar-refractivity contribution in [2.75, 3.05) is 18.6 Å². The molecule has 1 saturated heterocycles. The first-order valence-corrected chi connectivity index (χ1v) is 13.0. The Balaban J connectivity index is 1.61. The van der Waals surface area contributed by atoms with Crippen molar-refractivity contribution in [3.05, 3.63) is 87.9 Å². The second-order valence-electron chi connectivity index (χ2n) is 8.04. The van der Waals surface area contributed by atoms with E-state index in [4.69, 9.17) is 27.9 Å². The molecule has 1 amide bonds. The number of rotatable bonds is 6. The maximum absolute atomic E-state index is 13.4. The summed E-state index contributed by atoms with van der Waals surface area (Å²) >= 11 is 12.3. The van der Waals surface area contributed by atoms with Crippen molar-refractivity contribution in [1.82, 2.24) is 4.90 Å². The molecule has 1 unspecified atom stereocenters. The molecule has 0 spiro atoms. The molecule has 4 rings (SSSR count). The van der Waals surface area contributed by atoms with Crippen molar-refractivity contribution in [2.24, 2.45) is 0 Å². The van der Waals surface area contributed by atoms with E-state index >= 15 is 0 Å². The van der Waals surface area contributed by atoms with Gasteiger partial charge in [0, 0.05) is 33.8 Å². The highest BCUT2D eigenvalue weighted by molar-refractivity contribution is 7.91. The lowest BCUT2D eigenvalue weighted by molar-refractivity contribution is 0.0680. The third kappa shape index (κ3) is 5.52. The van der Waals surface area contributed by atoms with Gasteiger partial charge in [0.25, 0.3) is 5.91 Å². The molecule has 1 heterocycles. The van der Waals surface area contributed by atoms with Crippen LogP contribution in [0.25, 0.3) is 11.1 Å². The van der Waals surface area contributed by atoms with Gasteiger partial charge in [-0.2, -0.15) is 0 Å². The molecule has 0 bridgehead atoms. The number of ether oxygens (including phenoxy) is 1. The Hall–Kier alpha value is -2.54. The monoisotopic (exact) mass is 503 g/mol. The average Bonchev–Trinajstić information content (AvgIpc) is 3.17. The lowest BCUT2D eigenvalue weighted by Crippen LogP contribution is -2.40. The Morgan fingerprint density at radius 2 is 1.82 bits per heavy atom. The maximum atomic E-state index is 13.4. The molecule has 0 saturated carbocycles. The zero-order valence-electron chi connectivity index (χ0n) is 18.0. The zero-order valence-corrected chi connectivity index (χ0v) is 20.3. The largest absolute Gasteiger partial charge is 0.497 e. The molecule has 1 aliphatic rings. The van der Waals surface area contributed by atoms with Crippen LogP contribution in [0, 0.1) is 0 Å². The molecular weight excluding hydrogens is 481 g/mol. The van der Waals surface area contributed by atoms with Crippen LogP contribution in [-0.4, -0.2) is 43.9 Å². The van der Waals surface area contributed by atoms with E-state index in [9.17, 15) is 13.2 Å². The van der Waals surface area contributed by atoms with Crippen LogP contribution in [0.3, 0.4) is 0 Å². The number of hydrogen-bond acceptors (Lipinski definition) is 4. The second kappa shape index (κ2) is 9.75. The zero-order chi connectivity index (χ0) is 23.6. The Morgan fingerprint density at radius 1 is 1.06 bits per heavy atom. The van der Waals surface area contributed by atoms with Crippen molar-refractivity contribution in [3.63, 3.8) is 0 Å². The van der Waals surface area contributed by atoms with E-state index in [1.165, 1.54) is 0 Å². The van der Waals surface area contributed by atoms with Crippen LogP contribution < -0.4 is 4.74 Å². The third-order valence-corrected chi connectivity index (χ3v) is 8.07. The quantitative estimate of drug-likeness (QED) is 0.445. The van der Waals surface area contributed by atoms with Crippen molar-refractivity contribution in [3.8, 4) is 16.9 Å². The molecule has 0 aliphatic carbocycles. The number of sulfone groups is 1. The number of nitrogens with zero attached hydrogens (tertiary/aromatic N) is 1. The number of methoxy groups -OCH3 is 1. The number of halogens is 2. The molecule has 0 aromatic heterocycles. The van der Waals surface area contributed by atoms with E-state index in [2.05, 4.69) is 0 Å². The summed E-state index contributed by atoms with van der Waals surface area (Å²) in [6.45, 7) is 0.296. The molecule has 5 nitrogen and oxygen atoms in total. The minimum Gasteiger partial charge on any atom is -0.497 e. The van der Waals surface area contributed by atoms with Gasteiger partial charge in [0.1, 0.15) is 5.75 Å².